The SMILES string of the molecule is C#Cc1ccc(N)cc1.Cc1ccc(C#N)c(N)c1. The van der Waals surface area contributed by atoms with Crippen LogP contribution in [0.5, 0.6) is 0 Å². The Morgan fingerprint density at radius 1 is 1.05 bits per heavy atom. The highest BCUT2D eigenvalue weighted by atomic mass is 14.6. The molecule has 0 radical (unpaired) electrons. The molecular weight excluding hydrogens is 234 g/mol. The van der Waals surface area contributed by atoms with E-state index in [1.54, 1.807) is 24.3 Å². The molecule has 0 spiro atoms. The molecule has 2 rings (SSSR count). The van der Waals surface area contributed by atoms with Crippen LogP contribution in [0.15, 0.2) is 42.5 Å². The predicted octanol–water partition coefficient (Wildman–Crippen LogP) is 2.70. The lowest BCUT2D eigenvalue weighted by Crippen LogP contribution is -1.89. The molecule has 94 valence electrons. The molecule has 3 nitrogen and oxygen atoms in total. The van der Waals surface area contributed by atoms with Gasteiger partial charge in [-0.1, -0.05) is 12.0 Å². The number of aryl methyl sites for hydroxylation is 1. The van der Waals surface area contributed by atoms with Crippen molar-refractivity contribution in [2.24, 2.45) is 0 Å². The van der Waals surface area contributed by atoms with E-state index in [0.717, 1.165) is 16.8 Å². The molecule has 19 heavy (non-hydrogen) atoms. The highest BCUT2D eigenvalue weighted by Crippen LogP contribution is 2.11. The molecule has 0 amide bonds. The van der Waals surface area contributed by atoms with E-state index in [2.05, 4.69) is 5.92 Å². The maximum absolute atomic E-state index is 8.48. The summed E-state index contributed by atoms with van der Waals surface area (Å²) in [7, 11) is 0. The van der Waals surface area contributed by atoms with Crippen molar-refractivity contribution in [3.05, 3.63) is 59.2 Å². The molecule has 0 atom stereocenters. The second kappa shape index (κ2) is 6.74. The molecule has 4 N–H and O–H groups in total. The highest BCUT2D eigenvalue weighted by molar-refractivity contribution is 5.55. The summed E-state index contributed by atoms with van der Waals surface area (Å²) in [5.74, 6) is 2.50. The van der Waals surface area contributed by atoms with E-state index in [-0.39, 0.29) is 0 Å². The number of rotatable bonds is 0. The zero-order valence-corrected chi connectivity index (χ0v) is 10.7. The zero-order valence-electron chi connectivity index (χ0n) is 10.7. The number of hydrogen-bond donors (Lipinski definition) is 2. The van der Waals surface area contributed by atoms with Crippen LogP contribution in [0.3, 0.4) is 0 Å². The van der Waals surface area contributed by atoms with E-state index in [0.29, 0.717) is 11.3 Å². The lowest BCUT2D eigenvalue weighted by Gasteiger charge is -1.96. The van der Waals surface area contributed by atoms with Crippen LogP contribution in [0, 0.1) is 30.6 Å². The first-order valence-corrected chi connectivity index (χ1v) is 5.65. The Morgan fingerprint density at radius 2 is 1.68 bits per heavy atom. The number of nitrogens with two attached hydrogens (primary N) is 2. The van der Waals surface area contributed by atoms with Gasteiger partial charge in [-0.25, -0.2) is 0 Å². The monoisotopic (exact) mass is 249 g/mol. The maximum Gasteiger partial charge on any atom is 0.101 e. The summed E-state index contributed by atoms with van der Waals surface area (Å²) in [4.78, 5) is 0. The minimum atomic E-state index is 0.547. The van der Waals surface area contributed by atoms with Gasteiger partial charge in [0.05, 0.1) is 5.56 Å². The Balaban J connectivity index is 0.000000191. The minimum absolute atomic E-state index is 0.547. The van der Waals surface area contributed by atoms with Crippen molar-refractivity contribution >= 4 is 11.4 Å². The van der Waals surface area contributed by atoms with Crippen LogP contribution in [0.4, 0.5) is 11.4 Å². The third kappa shape index (κ3) is 4.46. The normalized spacial score (nSPS) is 8.58. The first-order chi connectivity index (χ1) is 9.06. The summed E-state index contributed by atoms with van der Waals surface area (Å²) in [6.45, 7) is 1.94. The van der Waals surface area contributed by atoms with Gasteiger partial charge < -0.3 is 11.5 Å². The Kier molecular flexibility index (Phi) is 5.02. The summed E-state index contributed by atoms with van der Waals surface area (Å²) in [5, 5.41) is 8.48. The van der Waals surface area contributed by atoms with E-state index in [4.69, 9.17) is 23.2 Å². The summed E-state index contributed by atoms with van der Waals surface area (Å²) < 4.78 is 0. The number of nitrogen functional groups attached to an aromatic ring is 2. The molecule has 0 fully saturated rings. The van der Waals surface area contributed by atoms with Gasteiger partial charge in [-0.15, -0.1) is 6.42 Å². The second-order valence-electron chi connectivity index (χ2n) is 3.97. The van der Waals surface area contributed by atoms with Crippen molar-refractivity contribution in [2.45, 2.75) is 6.92 Å². The standard InChI is InChI=1S/C8H8N2.C8H7N/c1-6-2-3-7(5-9)8(10)4-6;1-2-7-3-5-8(9)6-4-7/h2-4H,10H2,1H3;1,3-6H,9H2. The molecule has 0 bridgehead atoms. The lowest BCUT2D eigenvalue weighted by molar-refractivity contribution is 1.43. The van der Waals surface area contributed by atoms with Crippen LogP contribution in [0.2, 0.25) is 0 Å². The number of nitrogens with zero attached hydrogens (tertiary/aromatic N) is 1. The molecule has 0 aliphatic carbocycles. The summed E-state index contributed by atoms with van der Waals surface area (Å²) in [5.41, 5.74) is 14.7. The van der Waals surface area contributed by atoms with Crippen molar-refractivity contribution in [2.75, 3.05) is 11.5 Å². The van der Waals surface area contributed by atoms with E-state index in [1.165, 1.54) is 0 Å². The number of benzene rings is 2. The Bertz CT molecular complexity index is 629. The van der Waals surface area contributed by atoms with Gasteiger partial charge in [0.25, 0.3) is 0 Å². The molecule has 0 saturated heterocycles. The average molecular weight is 249 g/mol. The molecule has 0 aliphatic heterocycles. The summed E-state index contributed by atoms with van der Waals surface area (Å²) in [6.07, 6.45) is 5.11. The van der Waals surface area contributed by atoms with Crippen LogP contribution < -0.4 is 11.5 Å². The van der Waals surface area contributed by atoms with Crippen molar-refractivity contribution < 1.29 is 0 Å². The van der Waals surface area contributed by atoms with Crippen LogP contribution in [0.25, 0.3) is 0 Å². The van der Waals surface area contributed by atoms with Crippen LogP contribution in [-0.2, 0) is 0 Å². The maximum atomic E-state index is 8.48. The van der Waals surface area contributed by atoms with Crippen molar-refractivity contribution in [3.8, 4) is 18.4 Å². The second-order valence-corrected chi connectivity index (χ2v) is 3.97. The third-order valence-electron chi connectivity index (χ3n) is 2.40. The van der Waals surface area contributed by atoms with Crippen molar-refractivity contribution in [1.82, 2.24) is 0 Å². The number of anilines is 2. The molecule has 0 saturated carbocycles. The van der Waals surface area contributed by atoms with Gasteiger partial charge in [0.2, 0.25) is 0 Å². The fourth-order valence-corrected chi connectivity index (χ4v) is 1.36. The summed E-state index contributed by atoms with van der Waals surface area (Å²) >= 11 is 0. The Hall–Kier alpha value is -2.91. The fraction of sp³-hybridized carbons (Fsp3) is 0.0625. The number of nitriles is 1. The molecule has 3 heteroatoms. The predicted molar refractivity (Wildman–Crippen MR) is 79.1 cm³/mol. The molecule has 2 aromatic carbocycles. The number of terminal acetylenes is 1. The van der Waals surface area contributed by atoms with E-state index in [9.17, 15) is 0 Å². The van der Waals surface area contributed by atoms with Crippen LogP contribution in [-0.4, -0.2) is 0 Å². The van der Waals surface area contributed by atoms with Gasteiger partial charge in [0.15, 0.2) is 0 Å². The Morgan fingerprint density at radius 3 is 2.16 bits per heavy atom. The van der Waals surface area contributed by atoms with E-state index in [1.807, 2.05) is 31.2 Å². The fourth-order valence-electron chi connectivity index (χ4n) is 1.36. The largest absolute Gasteiger partial charge is 0.399 e. The van der Waals surface area contributed by atoms with E-state index >= 15 is 0 Å². The smallest absolute Gasteiger partial charge is 0.101 e. The average Bonchev–Trinajstić information content (AvgIpc) is 2.40. The highest BCUT2D eigenvalue weighted by Gasteiger charge is 1.94. The van der Waals surface area contributed by atoms with Gasteiger partial charge in [-0.3, -0.25) is 0 Å². The van der Waals surface area contributed by atoms with Gasteiger partial charge >= 0.3 is 0 Å². The Labute approximate surface area is 113 Å². The molecule has 0 unspecified atom stereocenters. The topological polar surface area (TPSA) is 75.8 Å². The molecule has 2 aromatic rings. The van der Waals surface area contributed by atoms with Gasteiger partial charge in [-0.05, 0) is 48.9 Å². The van der Waals surface area contributed by atoms with Gasteiger partial charge in [0.1, 0.15) is 6.07 Å². The molecule has 0 aliphatic rings. The number of hydrogen-bond acceptors (Lipinski definition) is 3. The third-order valence-corrected chi connectivity index (χ3v) is 2.40. The first-order valence-electron chi connectivity index (χ1n) is 5.65. The van der Waals surface area contributed by atoms with Crippen LogP contribution >= 0.6 is 0 Å². The minimum Gasteiger partial charge on any atom is -0.399 e. The van der Waals surface area contributed by atoms with Crippen molar-refractivity contribution in [3.63, 3.8) is 0 Å². The van der Waals surface area contributed by atoms with Gasteiger partial charge in [-0.2, -0.15) is 5.26 Å². The van der Waals surface area contributed by atoms with Crippen molar-refractivity contribution in [1.29, 1.82) is 5.26 Å². The summed E-state index contributed by atoms with van der Waals surface area (Å²) in [6, 6.07) is 14.6. The van der Waals surface area contributed by atoms with Gasteiger partial charge in [0, 0.05) is 16.9 Å². The quantitative estimate of drug-likeness (QED) is 0.556. The molecular formula is C16H15N3. The van der Waals surface area contributed by atoms with E-state index < -0.39 is 0 Å². The molecule has 0 aromatic heterocycles. The zero-order chi connectivity index (χ0) is 14.3. The lowest BCUT2D eigenvalue weighted by atomic mass is 10.1. The van der Waals surface area contributed by atoms with Crippen LogP contribution in [0.1, 0.15) is 16.7 Å². The first kappa shape index (κ1) is 14.2. The molecule has 0 heterocycles.